The Hall–Kier alpha value is -3.38. The van der Waals surface area contributed by atoms with Crippen molar-refractivity contribution in [3.05, 3.63) is 71.8 Å². The fraction of sp³-hybridized carbons (Fsp3) is 0.160. The molecule has 0 spiro atoms. The topological polar surface area (TPSA) is 63.7 Å². The fourth-order valence-electron chi connectivity index (χ4n) is 3.74. The summed E-state index contributed by atoms with van der Waals surface area (Å²) in [5.41, 5.74) is 3.89. The fourth-order valence-corrected chi connectivity index (χ4v) is 4.86. The van der Waals surface area contributed by atoms with Crippen LogP contribution in [0.5, 0.6) is 0 Å². The van der Waals surface area contributed by atoms with Crippen LogP contribution in [0.15, 0.2) is 70.5 Å². The molecule has 0 atom stereocenters. The number of ether oxygens (including phenoxy) is 1. The van der Waals surface area contributed by atoms with Crippen LogP contribution in [-0.2, 0) is 14.3 Å². The zero-order valence-corrected chi connectivity index (χ0v) is 18.1. The van der Waals surface area contributed by atoms with Crippen LogP contribution in [-0.4, -0.2) is 36.3 Å². The molecule has 0 bridgehead atoms. The summed E-state index contributed by atoms with van der Waals surface area (Å²) in [4.78, 5) is 39.8. The zero-order chi connectivity index (χ0) is 22.1. The van der Waals surface area contributed by atoms with Crippen LogP contribution in [0, 0.1) is 6.92 Å². The summed E-state index contributed by atoms with van der Waals surface area (Å²) in [5.74, 6) is -0.969. The first-order chi connectivity index (χ1) is 14.9. The van der Waals surface area contributed by atoms with Gasteiger partial charge in [0.2, 0.25) is 6.41 Å². The SMILES string of the molecule is C=C(C)C(=O)OCCN(C=O)C(=O)c1ccc2c3c(ccc(C)c13)Sc1ccccc1-2. The number of fused-ring (bicyclic) bond motifs is 2. The summed E-state index contributed by atoms with van der Waals surface area (Å²) in [5, 5.41) is 1.86. The van der Waals surface area contributed by atoms with E-state index in [2.05, 4.69) is 24.8 Å². The average Bonchev–Trinajstić information content (AvgIpc) is 2.78. The lowest BCUT2D eigenvalue weighted by molar-refractivity contribution is -0.139. The second kappa shape index (κ2) is 8.40. The van der Waals surface area contributed by atoms with Gasteiger partial charge in [-0.1, -0.05) is 48.7 Å². The molecule has 4 rings (SSSR count). The van der Waals surface area contributed by atoms with Gasteiger partial charge < -0.3 is 4.74 Å². The third-order valence-electron chi connectivity index (χ3n) is 5.26. The minimum Gasteiger partial charge on any atom is -0.460 e. The van der Waals surface area contributed by atoms with Crippen molar-refractivity contribution in [3.63, 3.8) is 0 Å². The van der Waals surface area contributed by atoms with E-state index in [1.54, 1.807) is 24.8 Å². The highest BCUT2D eigenvalue weighted by Crippen LogP contribution is 2.49. The van der Waals surface area contributed by atoms with Crippen molar-refractivity contribution >= 4 is 40.8 Å². The van der Waals surface area contributed by atoms with Gasteiger partial charge in [0, 0.05) is 26.3 Å². The molecule has 0 aliphatic carbocycles. The highest BCUT2D eigenvalue weighted by molar-refractivity contribution is 7.99. The molecule has 0 aromatic heterocycles. The molecular formula is C25H21NO4S. The van der Waals surface area contributed by atoms with E-state index >= 15 is 0 Å². The molecule has 6 heteroatoms. The summed E-state index contributed by atoms with van der Waals surface area (Å²) in [6.45, 7) is 6.91. The third-order valence-corrected chi connectivity index (χ3v) is 6.40. The summed E-state index contributed by atoms with van der Waals surface area (Å²) >= 11 is 1.68. The maximum absolute atomic E-state index is 13.3. The lowest BCUT2D eigenvalue weighted by Crippen LogP contribution is -2.33. The van der Waals surface area contributed by atoms with E-state index in [0.29, 0.717) is 12.0 Å². The minimum absolute atomic E-state index is 0.0269. The molecular weight excluding hydrogens is 410 g/mol. The molecule has 0 saturated carbocycles. The van der Waals surface area contributed by atoms with E-state index in [-0.39, 0.29) is 18.7 Å². The molecule has 3 aromatic carbocycles. The van der Waals surface area contributed by atoms with Crippen LogP contribution >= 0.6 is 11.8 Å². The average molecular weight is 432 g/mol. The van der Waals surface area contributed by atoms with Gasteiger partial charge in [-0.3, -0.25) is 14.5 Å². The summed E-state index contributed by atoms with van der Waals surface area (Å²) in [6.07, 6.45) is 0.478. The van der Waals surface area contributed by atoms with Crippen LogP contribution in [0.3, 0.4) is 0 Å². The second-order valence-corrected chi connectivity index (χ2v) is 8.49. The Morgan fingerprint density at radius 3 is 2.55 bits per heavy atom. The standard InChI is InChI=1S/C25H21NO4S/c1-15(2)25(29)30-13-12-26(14-27)24(28)19-10-9-18-17-6-4-5-7-20(17)31-21-11-8-16(3)22(19)23(18)21/h4-11,14H,1,12-13H2,2-3H3. The Morgan fingerprint density at radius 1 is 1.03 bits per heavy atom. The highest BCUT2D eigenvalue weighted by atomic mass is 32.2. The van der Waals surface area contributed by atoms with Gasteiger partial charge in [-0.2, -0.15) is 0 Å². The van der Waals surface area contributed by atoms with Gasteiger partial charge in [0.1, 0.15) is 6.61 Å². The number of aryl methyl sites for hydroxylation is 1. The van der Waals surface area contributed by atoms with Crippen LogP contribution in [0.25, 0.3) is 21.9 Å². The van der Waals surface area contributed by atoms with Crippen molar-refractivity contribution in [1.29, 1.82) is 0 Å². The molecule has 0 radical (unpaired) electrons. The molecule has 31 heavy (non-hydrogen) atoms. The number of carbonyl (C=O) groups excluding carboxylic acids is 3. The first-order valence-electron chi connectivity index (χ1n) is 9.85. The Kier molecular flexibility index (Phi) is 5.65. The van der Waals surface area contributed by atoms with Gasteiger partial charge in [0.25, 0.3) is 5.91 Å². The number of hydrogen-bond acceptors (Lipinski definition) is 5. The monoisotopic (exact) mass is 431 g/mol. The summed E-state index contributed by atoms with van der Waals surface area (Å²) in [6, 6.07) is 16.0. The van der Waals surface area contributed by atoms with Gasteiger partial charge in [0.15, 0.2) is 0 Å². The summed E-state index contributed by atoms with van der Waals surface area (Å²) < 4.78 is 5.04. The maximum Gasteiger partial charge on any atom is 0.333 e. The largest absolute Gasteiger partial charge is 0.460 e. The number of carbonyl (C=O) groups is 3. The molecule has 5 nitrogen and oxygen atoms in total. The van der Waals surface area contributed by atoms with E-state index in [0.717, 1.165) is 37.3 Å². The predicted octanol–water partition coefficient (Wildman–Crippen LogP) is 5.00. The number of rotatable bonds is 6. The Labute approximate surface area is 184 Å². The van der Waals surface area contributed by atoms with Crippen molar-refractivity contribution in [2.75, 3.05) is 13.2 Å². The number of nitrogens with zero attached hydrogens (tertiary/aromatic N) is 1. The van der Waals surface area contributed by atoms with E-state index in [1.807, 2.05) is 31.2 Å². The van der Waals surface area contributed by atoms with Crippen LogP contribution < -0.4 is 0 Å². The predicted molar refractivity (Wildman–Crippen MR) is 121 cm³/mol. The molecule has 2 amide bonds. The lowest BCUT2D eigenvalue weighted by Gasteiger charge is -2.23. The smallest absolute Gasteiger partial charge is 0.333 e. The van der Waals surface area contributed by atoms with Gasteiger partial charge in [-0.25, -0.2) is 4.79 Å². The summed E-state index contributed by atoms with van der Waals surface area (Å²) in [7, 11) is 0. The van der Waals surface area contributed by atoms with Crippen molar-refractivity contribution in [2.24, 2.45) is 0 Å². The number of esters is 1. The van der Waals surface area contributed by atoms with Crippen molar-refractivity contribution in [2.45, 2.75) is 23.6 Å². The van der Waals surface area contributed by atoms with E-state index in [4.69, 9.17) is 4.74 Å². The van der Waals surface area contributed by atoms with Crippen molar-refractivity contribution < 1.29 is 19.1 Å². The first-order valence-corrected chi connectivity index (χ1v) is 10.7. The minimum atomic E-state index is -0.550. The Balaban J connectivity index is 1.74. The zero-order valence-electron chi connectivity index (χ0n) is 17.3. The normalized spacial score (nSPS) is 11.5. The lowest BCUT2D eigenvalue weighted by atomic mass is 9.91. The quantitative estimate of drug-likeness (QED) is 0.244. The number of benzene rings is 3. The van der Waals surface area contributed by atoms with Gasteiger partial charge in [0.05, 0.1) is 6.54 Å². The van der Waals surface area contributed by atoms with E-state index in [1.165, 1.54) is 4.90 Å². The second-order valence-electron chi connectivity index (χ2n) is 7.41. The molecule has 156 valence electrons. The highest BCUT2D eigenvalue weighted by Gasteiger charge is 2.25. The number of amides is 2. The molecule has 0 N–H and O–H groups in total. The van der Waals surface area contributed by atoms with Gasteiger partial charge in [-0.15, -0.1) is 0 Å². The van der Waals surface area contributed by atoms with Crippen molar-refractivity contribution in [3.8, 4) is 11.1 Å². The van der Waals surface area contributed by atoms with Gasteiger partial charge >= 0.3 is 5.97 Å². The molecule has 1 heterocycles. The molecule has 3 aromatic rings. The molecule has 1 aliphatic rings. The molecule has 1 aliphatic heterocycles. The van der Waals surface area contributed by atoms with Crippen LogP contribution in [0.4, 0.5) is 0 Å². The number of imide groups is 1. The molecule has 0 unspecified atom stereocenters. The van der Waals surface area contributed by atoms with E-state index in [9.17, 15) is 14.4 Å². The Bertz CT molecular complexity index is 1250. The maximum atomic E-state index is 13.3. The van der Waals surface area contributed by atoms with Crippen LogP contribution in [0.2, 0.25) is 0 Å². The molecule has 0 saturated heterocycles. The third kappa shape index (κ3) is 3.75. The van der Waals surface area contributed by atoms with Gasteiger partial charge in [-0.05, 0) is 54.1 Å². The Morgan fingerprint density at radius 2 is 1.81 bits per heavy atom. The number of hydrogen-bond donors (Lipinski definition) is 0. The van der Waals surface area contributed by atoms with E-state index < -0.39 is 11.9 Å². The molecule has 0 fully saturated rings. The first kappa shape index (κ1) is 20.9. The van der Waals surface area contributed by atoms with Crippen LogP contribution in [0.1, 0.15) is 22.8 Å². The van der Waals surface area contributed by atoms with Crippen molar-refractivity contribution in [1.82, 2.24) is 4.90 Å².